The molecule has 1 amide bonds. The number of rotatable bonds is 1. The number of halogens is 3. The van der Waals surface area contributed by atoms with E-state index in [1.165, 1.54) is 12.1 Å². The van der Waals surface area contributed by atoms with Gasteiger partial charge in [0.25, 0.3) is 5.91 Å². The van der Waals surface area contributed by atoms with Gasteiger partial charge in [-0.2, -0.15) is 13.2 Å². The highest BCUT2D eigenvalue weighted by Crippen LogP contribution is 2.43. The first kappa shape index (κ1) is 15.8. The summed E-state index contributed by atoms with van der Waals surface area (Å²) in [5.74, 6) is 0.418. The maximum atomic E-state index is 12.8. The van der Waals surface area contributed by atoms with Crippen LogP contribution in [0.3, 0.4) is 0 Å². The number of hydrogen-bond acceptors (Lipinski definition) is 3. The molecule has 4 nitrogen and oxygen atoms in total. The predicted octanol–water partition coefficient (Wildman–Crippen LogP) is 3.56. The van der Waals surface area contributed by atoms with Crippen molar-refractivity contribution in [2.45, 2.75) is 6.18 Å². The lowest BCUT2D eigenvalue weighted by Crippen LogP contribution is -2.47. The first-order valence-corrected chi connectivity index (χ1v) is 7.95. The third kappa shape index (κ3) is 2.69. The summed E-state index contributed by atoms with van der Waals surface area (Å²) in [6.07, 6.45) is -4.41. The second kappa shape index (κ2) is 5.68. The molecule has 0 unspecified atom stereocenters. The molecular formula is C18H15F3N2O2. The topological polar surface area (TPSA) is 32.8 Å². The van der Waals surface area contributed by atoms with Crippen LogP contribution in [0.1, 0.15) is 15.9 Å². The average molecular weight is 348 g/mol. The molecule has 2 aliphatic heterocycles. The van der Waals surface area contributed by atoms with Crippen molar-refractivity contribution in [2.24, 2.45) is 0 Å². The Labute approximate surface area is 142 Å². The van der Waals surface area contributed by atoms with Crippen LogP contribution in [0.15, 0.2) is 42.5 Å². The third-order valence-corrected chi connectivity index (χ3v) is 4.50. The van der Waals surface area contributed by atoms with E-state index in [4.69, 9.17) is 4.74 Å². The summed E-state index contributed by atoms with van der Waals surface area (Å²) in [6, 6.07) is 9.84. The maximum absolute atomic E-state index is 12.8. The standard InChI is InChI=1S/C18H15F3N2O2/c19-18(20,21)13-6-4-12(5-7-13)17(24)23-9-8-22-10-11-25-15-3-1-2-14(23)16(15)22/h1-7H,8-11H2. The van der Waals surface area contributed by atoms with Gasteiger partial charge in [-0.05, 0) is 36.4 Å². The summed E-state index contributed by atoms with van der Waals surface area (Å²) < 4.78 is 43.7. The summed E-state index contributed by atoms with van der Waals surface area (Å²) in [5.41, 5.74) is 1.07. The molecule has 0 radical (unpaired) electrons. The van der Waals surface area contributed by atoms with Gasteiger partial charge in [-0.25, -0.2) is 0 Å². The van der Waals surface area contributed by atoms with Crippen LogP contribution in [0.25, 0.3) is 0 Å². The number of amides is 1. The van der Waals surface area contributed by atoms with E-state index in [1.807, 2.05) is 18.2 Å². The van der Waals surface area contributed by atoms with Gasteiger partial charge in [-0.3, -0.25) is 4.79 Å². The van der Waals surface area contributed by atoms with Gasteiger partial charge in [0.1, 0.15) is 18.0 Å². The van der Waals surface area contributed by atoms with Crippen LogP contribution >= 0.6 is 0 Å². The molecule has 25 heavy (non-hydrogen) atoms. The smallest absolute Gasteiger partial charge is 0.416 e. The van der Waals surface area contributed by atoms with E-state index in [9.17, 15) is 18.0 Å². The largest absolute Gasteiger partial charge is 0.489 e. The number of alkyl halides is 3. The number of benzene rings is 2. The zero-order chi connectivity index (χ0) is 17.6. The Morgan fingerprint density at radius 3 is 2.48 bits per heavy atom. The van der Waals surface area contributed by atoms with Gasteiger partial charge in [-0.1, -0.05) is 6.07 Å². The quantitative estimate of drug-likeness (QED) is 0.790. The second-order valence-corrected chi connectivity index (χ2v) is 5.99. The lowest BCUT2D eigenvalue weighted by atomic mass is 10.1. The second-order valence-electron chi connectivity index (χ2n) is 5.99. The highest BCUT2D eigenvalue weighted by molar-refractivity contribution is 6.09. The summed E-state index contributed by atoms with van der Waals surface area (Å²) >= 11 is 0. The first-order valence-electron chi connectivity index (χ1n) is 7.95. The summed E-state index contributed by atoms with van der Waals surface area (Å²) in [5, 5.41) is 0. The average Bonchev–Trinajstić information content (AvgIpc) is 2.61. The summed E-state index contributed by atoms with van der Waals surface area (Å²) in [4.78, 5) is 16.6. The molecule has 0 saturated heterocycles. The number of carbonyl (C=O) groups is 1. The Morgan fingerprint density at radius 1 is 1.00 bits per heavy atom. The molecule has 0 bridgehead atoms. The molecule has 0 saturated carbocycles. The Hall–Kier alpha value is -2.70. The zero-order valence-corrected chi connectivity index (χ0v) is 13.2. The number of nitrogens with zero attached hydrogens (tertiary/aromatic N) is 2. The Kier molecular flexibility index (Phi) is 3.59. The van der Waals surface area contributed by atoms with Gasteiger partial charge in [0, 0.05) is 18.7 Å². The van der Waals surface area contributed by atoms with Crippen molar-refractivity contribution in [1.29, 1.82) is 0 Å². The van der Waals surface area contributed by atoms with E-state index in [0.29, 0.717) is 19.7 Å². The third-order valence-electron chi connectivity index (χ3n) is 4.50. The van der Waals surface area contributed by atoms with Gasteiger partial charge >= 0.3 is 6.18 Å². The van der Waals surface area contributed by atoms with E-state index < -0.39 is 11.7 Å². The van der Waals surface area contributed by atoms with Gasteiger partial charge in [0.2, 0.25) is 0 Å². The molecule has 0 atom stereocenters. The Bertz CT molecular complexity index is 818. The first-order chi connectivity index (χ1) is 11.9. The molecule has 0 aliphatic carbocycles. The molecule has 4 rings (SSSR count). The van der Waals surface area contributed by atoms with Crippen molar-refractivity contribution in [1.82, 2.24) is 0 Å². The molecular weight excluding hydrogens is 333 g/mol. The van der Waals surface area contributed by atoms with Crippen molar-refractivity contribution >= 4 is 17.3 Å². The van der Waals surface area contributed by atoms with E-state index in [2.05, 4.69) is 4.90 Å². The van der Waals surface area contributed by atoms with Crippen LogP contribution < -0.4 is 14.5 Å². The van der Waals surface area contributed by atoms with Gasteiger partial charge < -0.3 is 14.5 Å². The minimum absolute atomic E-state index is 0.232. The minimum atomic E-state index is -4.41. The van der Waals surface area contributed by atoms with Crippen molar-refractivity contribution in [3.63, 3.8) is 0 Å². The molecule has 0 aromatic heterocycles. The van der Waals surface area contributed by atoms with E-state index >= 15 is 0 Å². The Morgan fingerprint density at radius 2 is 1.76 bits per heavy atom. The van der Waals surface area contributed by atoms with E-state index in [1.54, 1.807) is 4.90 Å². The van der Waals surface area contributed by atoms with E-state index in [-0.39, 0.29) is 11.5 Å². The molecule has 0 N–H and O–H groups in total. The highest BCUT2D eigenvalue weighted by Gasteiger charge is 2.33. The van der Waals surface area contributed by atoms with Crippen LogP contribution in [-0.2, 0) is 6.18 Å². The molecule has 0 fully saturated rings. The van der Waals surface area contributed by atoms with Gasteiger partial charge in [0.05, 0.1) is 17.8 Å². The SMILES string of the molecule is O=C(c1ccc(C(F)(F)F)cc1)N1CCN2CCOc3cccc1c32. The van der Waals surface area contributed by atoms with Crippen LogP contribution in [0, 0.1) is 0 Å². The number of anilines is 2. The molecule has 2 aliphatic rings. The Balaban J connectivity index is 1.67. The number of para-hydroxylation sites is 1. The van der Waals surface area contributed by atoms with Crippen LogP contribution in [0.4, 0.5) is 24.5 Å². The van der Waals surface area contributed by atoms with Crippen LogP contribution in [0.2, 0.25) is 0 Å². The molecule has 0 spiro atoms. The fraction of sp³-hybridized carbons (Fsp3) is 0.278. The summed E-state index contributed by atoms with van der Waals surface area (Å²) in [6.45, 7) is 2.51. The fourth-order valence-corrected chi connectivity index (χ4v) is 3.27. The van der Waals surface area contributed by atoms with Crippen molar-refractivity contribution in [3.8, 4) is 5.75 Å². The molecule has 7 heteroatoms. The number of carbonyl (C=O) groups excluding carboxylic acids is 1. The van der Waals surface area contributed by atoms with Crippen molar-refractivity contribution in [2.75, 3.05) is 36.0 Å². The maximum Gasteiger partial charge on any atom is 0.416 e. The molecule has 2 aromatic rings. The fourth-order valence-electron chi connectivity index (χ4n) is 3.27. The zero-order valence-electron chi connectivity index (χ0n) is 13.2. The highest BCUT2D eigenvalue weighted by atomic mass is 19.4. The monoisotopic (exact) mass is 348 g/mol. The number of ether oxygens (including phenoxy) is 1. The van der Waals surface area contributed by atoms with Gasteiger partial charge in [0.15, 0.2) is 0 Å². The van der Waals surface area contributed by atoms with Crippen LogP contribution in [0.5, 0.6) is 5.75 Å². The summed E-state index contributed by atoms with van der Waals surface area (Å²) in [7, 11) is 0. The lowest BCUT2D eigenvalue weighted by Gasteiger charge is -2.41. The van der Waals surface area contributed by atoms with E-state index in [0.717, 1.165) is 35.8 Å². The minimum Gasteiger partial charge on any atom is -0.489 e. The molecule has 2 heterocycles. The predicted molar refractivity (Wildman–Crippen MR) is 87.3 cm³/mol. The normalized spacial score (nSPS) is 16.3. The van der Waals surface area contributed by atoms with Crippen LogP contribution in [-0.4, -0.2) is 32.1 Å². The van der Waals surface area contributed by atoms with Crippen molar-refractivity contribution < 1.29 is 22.7 Å². The van der Waals surface area contributed by atoms with Gasteiger partial charge in [-0.15, -0.1) is 0 Å². The molecule has 2 aromatic carbocycles. The lowest BCUT2D eigenvalue weighted by molar-refractivity contribution is -0.137. The van der Waals surface area contributed by atoms with Crippen molar-refractivity contribution in [3.05, 3.63) is 53.6 Å². The molecule has 130 valence electrons. The number of hydrogen-bond donors (Lipinski definition) is 0.